The highest BCUT2D eigenvalue weighted by molar-refractivity contribution is 4.85. The summed E-state index contributed by atoms with van der Waals surface area (Å²) in [6, 6.07) is 0.790. The predicted molar refractivity (Wildman–Crippen MR) is 74.2 cm³/mol. The molecule has 1 N–H and O–H groups in total. The minimum atomic E-state index is 0.790. The summed E-state index contributed by atoms with van der Waals surface area (Å²) in [6.07, 6.45) is 7.11. The number of nitrogens with zero attached hydrogens (tertiary/aromatic N) is 1. The zero-order chi connectivity index (χ0) is 12.3. The molecule has 0 spiro atoms. The molecule has 0 aromatic heterocycles. The molecule has 1 heterocycles. The zero-order valence-corrected chi connectivity index (χ0v) is 11.9. The lowest BCUT2D eigenvalue weighted by molar-refractivity contribution is 0.134. The van der Waals surface area contributed by atoms with Crippen LogP contribution in [-0.2, 0) is 0 Å². The zero-order valence-electron chi connectivity index (χ0n) is 11.9. The summed E-state index contributed by atoms with van der Waals surface area (Å²) in [5.74, 6) is 2.78. The van der Waals surface area contributed by atoms with Gasteiger partial charge in [-0.05, 0) is 63.6 Å². The van der Waals surface area contributed by atoms with Gasteiger partial charge in [-0.15, -0.1) is 0 Å². The summed E-state index contributed by atoms with van der Waals surface area (Å²) in [5.41, 5.74) is 0. The van der Waals surface area contributed by atoms with Gasteiger partial charge in [0, 0.05) is 12.6 Å². The monoisotopic (exact) mass is 238 g/mol. The van der Waals surface area contributed by atoms with E-state index in [2.05, 4.69) is 31.1 Å². The summed E-state index contributed by atoms with van der Waals surface area (Å²) < 4.78 is 0. The Morgan fingerprint density at radius 1 is 1.12 bits per heavy atom. The van der Waals surface area contributed by atoms with Crippen molar-refractivity contribution in [3.8, 4) is 0 Å². The molecule has 0 aromatic carbocycles. The van der Waals surface area contributed by atoms with Crippen LogP contribution in [0.4, 0.5) is 0 Å². The third-order valence-corrected chi connectivity index (χ3v) is 5.10. The van der Waals surface area contributed by atoms with E-state index in [0.29, 0.717) is 0 Å². The molecule has 17 heavy (non-hydrogen) atoms. The van der Waals surface area contributed by atoms with Crippen LogP contribution in [0.15, 0.2) is 0 Å². The van der Waals surface area contributed by atoms with Crippen molar-refractivity contribution in [3.05, 3.63) is 0 Å². The SMILES string of the molecule is CNC1CCCC1CN1CCC(C(C)C)CC1. The van der Waals surface area contributed by atoms with Crippen LogP contribution in [-0.4, -0.2) is 37.6 Å². The van der Waals surface area contributed by atoms with E-state index < -0.39 is 0 Å². The Labute approximate surface area is 107 Å². The van der Waals surface area contributed by atoms with Crippen molar-refractivity contribution < 1.29 is 0 Å². The predicted octanol–water partition coefficient (Wildman–Crippen LogP) is 2.74. The van der Waals surface area contributed by atoms with Gasteiger partial charge in [0.05, 0.1) is 0 Å². The molecule has 2 atom stereocenters. The molecule has 100 valence electrons. The van der Waals surface area contributed by atoms with Crippen LogP contribution in [0.3, 0.4) is 0 Å². The minimum Gasteiger partial charge on any atom is -0.317 e. The van der Waals surface area contributed by atoms with Crippen LogP contribution < -0.4 is 5.32 Å². The van der Waals surface area contributed by atoms with Gasteiger partial charge in [-0.25, -0.2) is 0 Å². The topological polar surface area (TPSA) is 15.3 Å². The molecule has 1 saturated heterocycles. The second-order valence-corrected chi connectivity index (χ2v) is 6.47. The molecule has 2 aliphatic rings. The number of hydrogen-bond acceptors (Lipinski definition) is 2. The first-order valence-corrected chi connectivity index (χ1v) is 7.60. The summed E-state index contributed by atoms with van der Waals surface area (Å²) in [5, 5.41) is 3.50. The summed E-state index contributed by atoms with van der Waals surface area (Å²) in [6.45, 7) is 8.80. The Morgan fingerprint density at radius 3 is 2.41 bits per heavy atom. The van der Waals surface area contributed by atoms with Crippen LogP contribution >= 0.6 is 0 Å². The molecule has 0 amide bonds. The number of rotatable bonds is 4. The van der Waals surface area contributed by atoms with Gasteiger partial charge < -0.3 is 10.2 Å². The van der Waals surface area contributed by atoms with Crippen LogP contribution in [0.2, 0.25) is 0 Å². The first-order chi connectivity index (χ1) is 8.20. The van der Waals surface area contributed by atoms with Crippen molar-refractivity contribution in [1.82, 2.24) is 10.2 Å². The maximum absolute atomic E-state index is 3.50. The van der Waals surface area contributed by atoms with Gasteiger partial charge >= 0.3 is 0 Å². The fourth-order valence-electron chi connectivity index (χ4n) is 3.77. The van der Waals surface area contributed by atoms with E-state index in [4.69, 9.17) is 0 Å². The number of hydrogen-bond donors (Lipinski definition) is 1. The van der Waals surface area contributed by atoms with Crippen molar-refractivity contribution in [1.29, 1.82) is 0 Å². The third kappa shape index (κ3) is 3.45. The van der Waals surface area contributed by atoms with Crippen LogP contribution in [0.25, 0.3) is 0 Å². The van der Waals surface area contributed by atoms with Crippen molar-refractivity contribution >= 4 is 0 Å². The van der Waals surface area contributed by atoms with Gasteiger partial charge in [0.15, 0.2) is 0 Å². The van der Waals surface area contributed by atoms with E-state index in [9.17, 15) is 0 Å². The van der Waals surface area contributed by atoms with E-state index in [1.165, 1.54) is 51.7 Å². The fraction of sp³-hybridized carbons (Fsp3) is 1.00. The highest BCUT2D eigenvalue weighted by Gasteiger charge is 2.29. The molecule has 1 saturated carbocycles. The molecule has 2 unspecified atom stereocenters. The molecule has 2 fully saturated rings. The third-order valence-electron chi connectivity index (χ3n) is 5.10. The molecular weight excluding hydrogens is 208 g/mol. The van der Waals surface area contributed by atoms with Crippen LogP contribution in [0, 0.1) is 17.8 Å². The summed E-state index contributed by atoms with van der Waals surface area (Å²) in [7, 11) is 2.13. The quantitative estimate of drug-likeness (QED) is 0.810. The number of nitrogens with one attached hydrogen (secondary N) is 1. The Bertz CT molecular complexity index is 219. The maximum Gasteiger partial charge on any atom is 0.0104 e. The Hall–Kier alpha value is -0.0800. The molecule has 0 aromatic rings. The Balaban J connectivity index is 1.74. The second kappa shape index (κ2) is 6.19. The number of piperidine rings is 1. The van der Waals surface area contributed by atoms with Gasteiger partial charge in [-0.2, -0.15) is 0 Å². The summed E-state index contributed by atoms with van der Waals surface area (Å²) in [4.78, 5) is 2.72. The van der Waals surface area contributed by atoms with Gasteiger partial charge in [-0.3, -0.25) is 0 Å². The lowest BCUT2D eigenvalue weighted by Crippen LogP contribution is -2.42. The van der Waals surface area contributed by atoms with Gasteiger partial charge in [0.1, 0.15) is 0 Å². The minimum absolute atomic E-state index is 0.790. The first-order valence-electron chi connectivity index (χ1n) is 7.60. The van der Waals surface area contributed by atoms with Crippen LogP contribution in [0.1, 0.15) is 46.0 Å². The van der Waals surface area contributed by atoms with E-state index in [-0.39, 0.29) is 0 Å². The van der Waals surface area contributed by atoms with Crippen LogP contribution in [0.5, 0.6) is 0 Å². The van der Waals surface area contributed by atoms with E-state index in [1.807, 2.05) is 0 Å². The normalized spacial score (nSPS) is 32.5. The standard InChI is InChI=1S/C15H30N2/c1-12(2)13-7-9-17(10-8-13)11-14-5-4-6-15(14)16-3/h12-16H,4-11H2,1-3H3. The maximum atomic E-state index is 3.50. The molecule has 2 nitrogen and oxygen atoms in total. The molecule has 2 heteroatoms. The summed E-state index contributed by atoms with van der Waals surface area (Å²) >= 11 is 0. The highest BCUT2D eigenvalue weighted by atomic mass is 15.1. The smallest absolute Gasteiger partial charge is 0.0104 e. The molecule has 1 aliphatic heterocycles. The number of likely N-dealkylation sites (tertiary alicyclic amines) is 1. The highest BCUT2D eigenvalue weighted by Crippen LogP contribution is 2.29. The molecule has 0 radical (unpaired) electrons. The fourth-order valence-corrected chi connectivity index (χ4v) is 3.77. The first kappa shape index (κ1) is 13.4. The molecule has 2 rings (SSSR count). The van der Waals surface area contributed by atoms with E-state index in [1.54, 1.807) is 0 Å². The average Bonchev–Trinajstić information content (AvgIpc) is 2.77. The van der Waals surface area contributed by atoms with Gasteiger partial charge in [-0.1, -0.05) is 20.3 Å². The van der Waals surface area contributed by atoms with Crippen molar-refractivity contribution in [3.63, 3.8) is 0 Å². The second-order valence-electron chi connectivity index (χ2n) is 6.47. The van der Waals surface area contributed by atoms with Crippen molar-refractivity contribution in [2.45, 2.75) is 52.0 Å². The van der Waals surface area contributed by atoms with Gasteiger partial charge in [0.25, 0.3) is 0 Å². The molecule has 0 bridgehead atoms. The molecule has 1 aliphatic carbocycles. The lowest BCUT2D eigenvalue weighted by Gasteiger charge is -2.36. The van der Waals surface area contributed by atoms with Crippen molar-refractivity contribution in [2.75, 3.05) is 26.7 Å². The average molecular weight is 238 g/mol. The Morgan fingerprint density at radius 2 is 1.82 bits per heavy atom. The van der Waals surface area contributed by atoms with E-state index >= 15 is 0 Å². The lowest BCUT2D eigenvalue weighted by atomic mass is 9.86. The largest absolute Gasteiger partial charge is 0.317 e. The molecular formula is C15H30N2. The van der Waals surface area contributed by atoms with Crippen molar-refractivity contribution in [2.24, 2.45) is 17.8 Å². The van der Waals surface area contributed by atoms with E-state index in [0.717, 1.165) is 23.8 Å². The van der Waals surface area contributed by atoms with Gasteiger partial charge in [0.2, 0.25) is 0 Å². The Kier molecular flexibility index (Phi) is 4.87.